The number of aryl methyl sites for hydroxylation is 1. The van der Waals surface area contributed by atoms with Gasteiger partial charge in [0.1, 0.15) is 0 Å². The lowest BCUT2D eigenvalue weighted by Crippen LogP contribution is -2.46. The predicted octanol–water partition coefficient (Wildman–Crippen LogP) is 0.385. The summed E-state index contributed by atoms with van der Waals surface area (Å²) < 4.78 is 0. The normalized spacial score (nSPS) is 18.3. The molecule has 1 aromatic carbocycles. The Hall–Kier alpha value is -1.59. The van der Waals surface area contributed by atoms with Crippen LogP contribution in [0.2, 0.25) is 0 Å². The van der Waals surface area contributed by atoms with Gasteiger partial charge in [0, 0.05) is 38.4 Å². The van der Waals surface area contributed by atoms with Crippen LogP contribution < -0.4 is 5.73 Å². The Morgan fingerprint density at radius 1 is 1.37 bits per heavy atom. The first-order chi connectivity index (χ1) is 9.10. The van der Waals surface area contributed by atoms with Gasteiger partial charge in [0.15, 0.2) is 0 Å². The highest BCUT2D eigenvalue weighted by Crippen LogP contribution is 2.20. The molecule has 19 heavy (non-hydrogen) atoms. The molecule has 1 saturated heterocycles. The van der Waals surface area contributed by atoms with Crippen LogP contribution in [0.25, 0.3) is 0 Å². The quantitative estimate of drug-likeness (QED) is 0.609. The molecule has 5 heteroatoms. The van der Waals surface area contributed by atoms with Crippen molar-refractivity contribution in [3.05, 3.63) is 29.3 Å². The van der Waals surface area contributed by atoms with Gasteiger partial charge in [-0.15, -0.1) is 0 Å². The van der Waals surface area contributed by atoms with Crippen molar-refractivity contribution in [1.29, 1.82) is 0 Å². The Balaban J connectivity index is 1.92. The van der Waals surface area contributed by atoms with Crippen LogP contribution in [0, 0.1) is 6.92 Å². The predicted molar refractivity (Wildman–Crippen MR) is 74.6 cm³/mol. The van der Waals surface area contributed by atoms with Crippen molar-refractivity contribution in [1.82, 2.24) is 9.80 Å². The average molecular weight is 263 g/mol. The van der Waals surface area contributed by atoms with E-state index in [9.17, 15) is 9.90 Å². The topological polar surface area (TPSA) is 69.8 Å². The van der Waals surface area contributed by atoms with E-state index in [0.29, 0.717) is 12.2 Å². The van der Waals surface area contributed by atoms with Gasteiger partial charge in [-0.1, -0.05) is 12.1 Å². The first kappa shape index (κ1) is 13.8. The summed E-state index contributed by atoms with van der Waals surface area (Å²) in [6.45, 7) is 5.59. The number of rotatable bonds is 4. The molecule has 1 heterocycles. The highest BCUT2D eigenvalue weighted by Gasteiger charge is 2.19. The van der Waals surface area contributed by atoms with Gasteiger partial charge in [-0.3, -0.25) is 9.69 Å². The Bertz CT molecular complexity index is 442. The number of aliphatic hydroxyl groups is 1. The summed E-state index contributed by atoms with van der Waals surface area (Å²) >= 11 is 0. The van der Waals surface area contributed by atoms with Crippen molar-refractivity contribution in [2.24, 2.45) is 0 Å². The summed E-state index contributed by atoms with van der Waals surface area (Å²) in [5.74, 6) is 0. The molecule has 0 aromatic heterocycles. The summed E-state index contributed by atoms with van der Waals surface area (Å²) in [5.41, 5.74) is 8.44. The number of β-amino-alcohol motifs (C(OH)–C–C–N with tert-alkyl or cyclic N) is 1. The molecule has 1 atom stereocenters. The Kier molecular flexibility index (Phi) is 4.39. The minimum Gasteiger partial charge on any atom is -0.399 e. The van der Waals surface area contributed by atoms with E-state index in [4.69, 9.17) is 5.73 Å². The molecule has 104 valence electrons. The lowest BCUT2D eigenvalue weighted by Gasteiger charge is -2.33. The molecule has 0 bridgehead atoms. The Morgan fingerprint density at radius 3 is 2.63 bits per heavy atom. The second-order valence-corrected chi connectivity index (χ2v) is 5.07. The maximum Gasteiger partial charge on any atom is 0.209 e. The van der Waals surface area contributed by atoms with Crippen molar-refractivity contribution >= 4 is 12.1 Å². The number of anilines is 1. The van der Waals surface area contributed by atoms with E-state index in [1.54, 1.807) is 4.90 Å². The number of nitrogens with zero attached hydrogens (tertiary/aromatic N) is 2. The number of piperazine rings is 1. The van der Waals surface area contributed by atoms with Crippen LogP contribution in [0.1, 0.15) is 17.2 Å². The zero-order valence-corrected chi connectivity index (χ0v) is 11.2. The fourth-order valence-corrected chi connectivity index (χ4v) is 2.27. The molecule has 1 amide bonds. The van der Waals surface area contributed by atoms with Crippen molar-refractivity contribution in [3.8, 4) is 0 Å². The smallest absolute Gasteiger partial charge is 0.209 e. The minimum atomic E-state index is -0.536. The number of hydrogen-bond acceptors (Lipinski definition) is 4. The molecule has 1 aromatic rings. The number of carbonyl (C=O) groups excluding carboxylic acids is 1. The third-order valence-corrected chi connectivity index (χ3v) is 3.68. The van der Waals surface area contributed by atoms with Gasteiger partial charge in [0.05, 0.1) is 6.10 Å². The van der Waals surface area contributed by atoms with E-state index in [2.05, 4.69) is 4.90 Å². The second kappa shape index (κ2) is 6.04. The van der Waals surface area contributed by atoms with E-state index in [-0.39, 0.29) is 0 Å². The largest absolute Gasteiger partial charge is 0.399 e. The van der Waals surface area contributed by atoms with Gasteiger partial charge in [0.2, 0.25) is 6.41 Å². The van der Waals surface area contributed by atoms with Crippen molar-refractivity contribution in [2.45, 2.75) is 13.0 Å². The first-order valence-corrected chi connectivity index (χ1v) is 6.56. The lowest BCUT2D eigenvalue weighted by atomic mass is 10.1. The Labute approximate surface area is 113 Å². The third-order valence-electron chi connectivity index (χ3n) is 3.68. The summed E-state index contributed by atoms with van der Waals surface area (Å²) in [5, 5.41) is 10.2. The van der Waals surface area contributed by atoms with E-state index < -0.39 is 6.10 Å². The Morgan fingerprint density at radius 2 is 2.05 bits per heavy atom. The molecule has 1 fully saturated rings. The zero-order chi connectivity index (χ0) is 13.8. The monoisotopic (exact) mass is 263 g/mol. The first-order valence-electron chi connectivity index (χ1n) is 6.56. The van der Waals surface area contributed by atoms with Crippen LogP contribution in [0.15, 0.2) is 18.2 Å². The number of nitrogens with two attached hydrogens (primary N) is 1. The fourth-order valence-electron chi connectivity index (χ4n) is 2.27. The number of carbonyl (C=O) groups is 1. The number of aliphatic hydroxyl groups excluding tert-OH is 1. The average Bonchev–Trinajstić information content (AvgIpc) is 2.42. The van der Waals surface area contributed by atoms with Crippen molar-refractivity contribution in [3.63, 3.8) is 0 Å². The number of nitrogen functional groups attached to an aromatic ring is 1. The van der Waals surface area contributed by atoms with E-state index >= 15 is 0 Å². The second-order valence-electron chi connectivity index (χ2n) is 5.07. The molecule has 0 radical (unpaired) electrons. The number of benzene rings is 1. The number of hydrogen-bond donors (Lipinski definition) is 2. The molecule has 3 N–H and O–H groups in total. The van der Waals surface area contributed by atoms with E-state index in [1.165, 1.54) is 0 Å². The molecule has 0 aliphatic carbocycles. The van der Waals surface area contributed by atoms with Gasteiger partial charge >= 0.3 is 0 Å². The molecule has 1 aliphatic heterocycles. The van der Waals surface area contributed by atoms with Crippen LogP contribution >= 0.6 is 0 Å². The summed E-state index contributed by atoms with van der Waals surface area (Å²) in [7, 11) is 0. The maximum absolute atomic E-state index is 10.6. The maximum atomic E-state index is 10.6. The molecule has 5 nitrogen and oxygen atoms in total. The standard InChI is InChI=1S/C14H21N3O2/c1-11-2-3-12(8-13(11)15)14(19)9-16-4-6-17(10-18)7-5-16/h2-3,8,10,14,19H,4-7,9,15H2,1H3. The zero-order valence-electron chi connectivity index (χ0n) is 11.2. The molecule has 0 saturated carbocycles. The molecular formula is C14H21N3O2. The van der Waals surface area contributed by atoms with E-state index in [1.807, 2.05) is 25.1 Å². The van der Waals surface area contributed by atoms with Gasteiger partial charge in [-0.2, -0.15) is 0 Å². The van der Waals surface area contributed by atoms with Crippen molar-refractivity contribution < 1.29 is 9.90 Å². The van der Waals surface area contributed by atoms with Gasteiger partial charge < -0.3 is 15.7 Å². The fraction of sp³-hybridized carbons (Fsp3) is 0.500. The number of amides is 1. The van der Waals surface area contributed by atoms with Gasteiger partial charge in [-0.05, 0) is 24.1 Å². The third kappa shape index (κ3) is 3.45. The molecule has 0 spiro atoms. The van der Waals surface area contributed by atoms with Crippen LogP contribution in [-0.2, 0) is 4.79 Å². The molecule has 1 aliphatic rings. The summed E-state index contributed by atoms with van der Waals surface area (Å²) in [6.07, 6.45) is 0.347. The minimum absolute atomic E-state index is 0.536. The van der Waals surface area contributed by atoms with E-state index in [0.717, 1.165) is 43.7 Å². The molecule has 1 unspecified atom stereocenters. The van der Waals surface area contributed by atoms with Gasteiger partial charge in [-0.25, -0.2) is 0 Å². The SMILES string of the molecule is Cc1ccc(C(O)CN2CCN(C=O)CC2)cc1N. The molecule has 2 rings (SSSR count). The highest BCUT2D eigenvalue weighted by molar-refractivity contribution is 5.49. The highest BCUT2D eigenvalue weighted by atomic mass is 16.3. The van der Waals surface area contributed by atoms with Crippen LogP contribution in [0.4, 0.5) is 5.69 Å². The molecular weight excluding hydrogens is 242 g/mol. The van der Waals surface area contributed by atoms with Crippen LogP contribution in [0.5, 0.6) is 0 Å². The van der Waals surface area contributed by atoms with Gasteiger partial charge in [0.25, 0.3) is 0 Å². The summed E-state index contributed by atoms with van der Waals surface area (Å²) in [4.78, 5) is 14.5. The van der Waals surface area contributed by atoms with Crippen LogP contribution in [-0.4, -0.2) is 54.0 Å². The summed E-state index contributed by atoms with van der Waals surface area (Å²) in [6, 6.07) is 5.68. The lowest BCUT2D eigenvalue weighted by molar-refractivity contribution is -0.119. The van der Waals surface area contributed by atoms with Crippen LogP contribution in [0.3, 0.4) is 0 Å². The van der Waals surface area contributed by atoms with Crippen molar-refractivity contribution in [2.75, 3.05) is 38.5 Å².